The van der Waals surface area contributed by atoms with Gasteiger partial charge in [0.05, 0.1) is 12.7 Å². The molecule has 0 saturated heterocycles. The van der Waals surface area contributed by atoms with E-state index in [0.29, 0.717) is 22.2 Å². The Bertz CT molecular complexity index is 1210. The summed E-state index contributed by atoms with van der Waals surface area (Å²) in [6, 6.07) is 16.0. The molecule has 0 amide bonds. The molecule has 0 fully saturated rings. The molecule has 1 heterocycles. The normalized spacial score (nSPS) is 10.5. The van der Waals surface area contributed by atoms with Crippen molar-refractivity contribution in [1.82, 2.24) is 4.57 Å². The van der Waals surface area contributed by atoms with Crippen molar-refractivity contribution in [3.8, 4) is 17.7 Å². The summed E-state index contributed by atoms with van der Waals surface area (Å²) in [4.78, 5) is 25.9. The minimum atomic E-state index is -0.621. The summed E-state index contributed by atoms with van der Waals surface area (Å²) in [5.41, 5.74) is 0.594. The van der Waals surface area contributed by atoms with Crippen LogP contribution in [-0.4, -0.2) is 22.6 Å². The van der Waals surface area contributed by atoms with Crippen molar-refractivity contribution >= 4 is 21.7 Å². The van der Waals surface area contributed by atoms with Crippen LogP contribution in [-0.2, 0) is 13.0 Å². The second-order valence-corrected chi connectivity index (χ2v) is 7.53. The van der Waals surface area contributed by atoms with Crippen molar-refractivity contribution in [3.63, 3.8) is 0 Å². The van der Waals surface area contributed by atoms with Crippen LogP contribution in [0.25, 0.3) is 0 Å². The molecule has 0 radical (unpaired) electrons. The van der Waals surface area contributed by atoms with Gasteiger partial charge in [0, 0.05) is 16.6 Å². The number of aromatic hydroxyl groups is 1. The zero-order chi connectivity index (χ0) is 21.8. The number of aryl methyl sites for hydroxylation is 1. The van der Waals surface area contributed by atoms with Crippen LogP contribution >= 0.6 is 15.9 Å². The maximum Gasteiger partial charge on any atom is 0.271 e. The zero-order valence-corrected chi connectivity index (χ0v) is 18.1. The Morgan fingerprint density at radius 3 is 2.47 bits per heavy atom. The van der Waals surface area contributed by atoms with Gasteiger partial charge in [0.15, 0.2) is 5.78 Å². The first-order chi connectivity index (χ1) is 14.4. The summed E-state index contributed by atoms with van der Waals surface area (Å²) in [5.74, 6) is -0.194. The third kappa shape index (κ3) is 4.00. The molecule has 0 aliphatic carbocycles. The lowest BCUT2D eigenvalue weighted by Gasteiger charge is -2.16. The molecule has 3 aromatic rings. The first kappa shape index (κ1) is 21.3. The minimum absolute atomic E-state index is 0.0484. The maximum absolute atomic E-state index is 13.2. The van der Waals surface area contributed by atoms with E-state index >= 15 is 0 Å². The average molecular weight is 467 g/mol. The van der Waals surface area contributed by atoms with E-state index in [9.17, 15) is 20.0 Å². The lowest BCUT2D eigenvalue weighted by atomic mass is 9.97. The van der Waals surface area contributed by atoms with Crippen molar-refractivity contribution in [2.75, 3.05) is 7.11 Å². The van der Waals surface area contributed by atoms with Gasteiger partial charge >= 0.3 is 0 Å². The number of pyridine rings is 1. The summed E-state index contributed by atoms with van der Waals surface area (Å²) >= 11 is 3.34. The topological polar surface area (TPSA) is 92.3 Å². The van der Waals surface area contributed by atoms with Gasteiger partial charge in [-0.3, -0.25) is 14.2 Å². The number of methoxy groups -OCH3 is 1. The van der Waals surface area contributed by atoms with E-state index in [1.165, 1.54) is 6.92 Å². The van der Waals surface area contributed by atoms with Crippen molar-refractivity contribution in [2.24, 2.45) is 0 Å². The number of benzene rings is 2. The summed E-state index contributed by atoms with van der Waals surface area (Å²) in [6.45, 7) is 1.61. The molecule has 0 saturated carbocycles. The molecular weight excluding hydrogens is 448 g/mol. The fourth-order valence-corrected chi connectivity index (χ4v) is 3.71. The summed E-state index contributed by atoms with van der Waals surface area (Å²) < 4.78 is 6.78. The quantitative estimate of drug-likeness (QED) is 0.554. The highest BCUT2D eigenvalue weighted by atomic mass is 79.9. The Labute approximate surface area is 182 Å². The smallest absolute Gasteiger partial charge is 0.271 e. The molecule has 152 valence electrons. The standard InChI is InChI=1S/C23H19BrN2O4/c1-14-18(13-25)22(28)26(12-11-15-7-9-16(30-2)10-8-15)23(29)20(14)21(27)17-5-3-4-6-19(17)24/h3-10,29H,11-12H2,1-2H3. The van der Waals surface area contributed by atoms with Gasteiger partial charge < -0.3 is 9.84 Å². The molecule has 0 aliphatic heterocycles. The molecular formula is C23H19BrN2O4. The largest absolute Gasteiger partial charge is 0.497 e. The molecule has 6 nitrogen and oxygen atoms in total. The number of carbonyl (C=O) groups excluding carboxylic acids is 1. The fraction of sp³-hybridized carbons (Fsp3) is 0.174. The lowest BCUT2D eigenvalue weighted by molar-refractivity contribution is 0.103. The second-order valence-electron chi connectivity index (χ2n) is 6.67. The SMILES string of the molecule is COc1ccc(CCn2c(O)c(C(=O)c3ccccc3Br)c(C)c(C#N)c2=O)cc1. The predicted octanol–water partition coefficient (Wildman–Crippen LogP) is 3.98. The van der Waals surface area contributed by atoms with Gasteiger partial charge in [-0.05, 0) is 48.7 Å². The Kier molecular flexibility index (Phi) is 6.38. The maximum atomic E-state index is 13.2. The number of halogens is 1. The third-order valence-electron chi connectivity index (χ3n) is 4.93. The Morgan fingerprint density at radius 1 is 1.20 bits per heavy atom. The molecule has 30 heavy (non-hydrogen) atoms. The monoisotopic (exact) mass is 466 g/mol. The Hall–Kier alpha value is -3.37. The molecule has 0 spiro atoms. The molecule has 0 aliphatic rings. The van der Waals surface area contributed by atoms with E-state index in [0.717, 1.165) is 10.1 Å². The zero-order valence-electron chi connectivity index (χ0n) is 16.5. The van der Waals surface area contributed by atoms with Gasteiger partial charge in [-0.15, -0.1) is 0 Å². The van der Waals surface area contributed by atoms with Crippen LogP contribution in [0, 0.1) is 18.3 Å². The van der Waals surface area contributed by atoms with Crippen molar-refractivity contribution in [1.29, 1.82) is 5.26 Å². The fourth-order valence-electron chi connectivity index (χ4n) is 3.24. The van der Waals surface area contributed by atoms with Gasteiger partial charge in [-0.2, -0.15) is 5.26 Å². The number of hydrogen-bond donors (Lipinski definition) is 1. The number of rotatable bonds is 6. The molecule has 7 heteroatoms. The van der Waals surface area contributed by atoms with Gasteiger partial charge in [-0.25, -0.2) is 0 Å². The van der Waals surface area contributed by atoms with Gasteiger partial charge in [-0.1, -0.05) is 40.2 Å². The van der Waals surface area contributed by atoms with E-state index < -0.39 is 17.2 Å². The minimum Gasteiger partial charge on any atom is -0.497 e. The predicted molar refractivity (Wildman–Crippen MR) is 116 cm³/mol. The lowest BCUT2D eigenvalue weighted by Crippen LogP contribution is -2.27. The first-order valence-corrected chi connectivity index (χ1v) is 9.97. The van der Waals surface area contributed by atoms with Crippen molar-refractivity contribution < 1.29 is 14.6 Å². The molecule has 0 atom stereocenters. The molecule has 3 rings (SSSR count). The Morgan fingerprint density at radius 2 is 1.87 bits per heavy atom. The average Bonchev–Trinajstić information content (AvgIpc) is 2.74. The number of carbonyl (C=O) groups is 1. The van der Waals surface area contributed by atoms with Crippen molar-refractivity contribution in [3.05, 3.63) is 91.2 Å². The highest BCUT2D eigenvalue weighted by molar-refractivity contribution is 9.10. The molecule has 0 bridgehead atoms. The first-order valence-electron chi connectivity index (χ1n) is 9.17. The van der Waals surface area contributed by atoms with Crippen molar-refractivity contribution in [2.45, 2.75) is 19.9 Å². The van der Waals surface area contributed by atoms with Gasteiger partial charge in [0.25, 0.3) is 5.56 Å². The molecule has 0 unspecified atom stereocenters. The number of hydrogen-bond acceptors (Lipinski definition) is 5. The van der Waals surface area contributed by atoms with Crippen LogP contribution < -0.4 is 10.3 Å². The van der Waals surface area contributed by atoms with E-state index in [-0.39, 0.29) is 23.2 Å². The van der Waals surface area contributed by atoms with Gasteiger partial charge in [0.2, 0.25) is 5.88 Å². The summed E-state index contributed by atoms with van der Waals surface area (Å²) in [6.07, 6.45) is 0.425. The number of ether oxygens (including phenoxy) is 1. The second kappa shape index (κ2) is 8.97. The van der Waals surface area contributed by atoms with E-state index in [1.807, 2.05) is 18.2 Å². The van der Waals surface area contributed by atoms with Crippen LogP contribution in [0.2, 0.25) is 0 Å². The molecule has 1 aromatic heterocycles. The third-order valence-corrected chi connectivity index (χ3v) is 5.62. The molecule has 1 N–H and O–H groups in total. The highest BCUT2D eigenvalue weighted by Crippen LogP contribution is 2.28. The van der Waals surface area contributed by atoms with Gasteiger partial charge in [0.1, 0.15) is 17.4 Å². The summed E-state index contributed by atoms with van der Waals surface area (Å²) in [7, 11) is 1.58. The van der Waals surface area contributed by atoms with Crippen LogP contribution in [0.4, 0.5) is 0 Å². The van der Waals surface area contributed by atoms with E-state index in [1.54, 1.807) is 43.5 Å². The number of nitriles is 1. The number of aromatic nitrogens is 1. The molecule has 2 aromatic carbocycles. The van der Waals surface area contributed by atoms with Crippen LogP contribution in [0.15, 0.2) is 57.8 Å². The Balaban J connectivity index is 2.06. The van der Waals surface area contributed by atoms with E-state index in [4.69, 9.17) is 4.74 Å². The summed E-state index contributed by atoms with van der Waals surface area (Å²) in [5, 5.41) is 20.4. The van der Waals surface area contributed by atoms with Crippen LogP contribution in [0.1, 0.15) is 32.6 Å². The number of ketones is 1. The number of nitrogens with zero attached hydrogens (tertiary/aromatic N) is 2. The van der Waals surface area contributed by atoms with Crippen LogP contribution in [0.5, 0.6) is 11.6 Å². The van der Waals surface area contributed by atoms with E-state index in [2.05, 4.69) is 15.9 Å². The highest BCUT2D eigenvalue weighted by Gasteiger charge is 2.25. The van der Waals surface area contributed by atoms with Crippen LogP contribution in [0.3, 0.4) is 0 Å².